The van der Waals surface area contributed by atoms with E-state index < -0.39 is 0 Å². The van der Waals surface area contributed by atoms with Crippen molar-refractivity contribution in [2.75, 3.05) is 0 Å². The van der Waals surface area contributed by atoms with E-state index in [2.05, 4.69) is 15.8 Å². The first-order valence-corrected chi connectivity index (χ1v) is 6.99. The second-order valence-corrected chi connectivity index (χ2v) is 5.08. The molecule has 0 aliphatic heterocycles. The molecule has 0 unspecified atom stereocenters. The quantitative estimate of drug-likeness (QED) is 0.514. The lowest BCUT2D eigenvalue weighted by Crippen LogP contribution is -2.31. The van der Waals surface area contributed by atoms with Gasteiger partial charge in [0.05, 0.1) is 6.21 Å². The molecular formula is C15H13ClFN3S. The molecule has 0 spiro atoms. The Morgan fingerprint density at radius 2 is 2.00 bits per heavy atom. The molecule has 2 aromatic rings. The SMILES string of the molecule is Fc1ccc(CNC(=S)N/N=C\c2cccc(Cl)c2)cc1. The van der Waals surface area contributed by atoms with E-state index >= 15 is 0 Å². The lowest BCUT2D eigenvalue weighted by atomic mass is 10.2. The fourth-order valence-electron chi connectivity index (χ4n) is 1.58. The molecule has 0 bridgehead atoms. The first-order valence-electron chi connectivity index (χ1n) is 6.20. The van der Waals surface area contributed by atoms with Gasteiger partial charge in [0.25, 0.3) is 0 Å². The summed E-state index contributed by atoms with van der Waals surface area (Å²) >= 11 is 11.0. The van der Waals surface area contributed by atoms with Crippen LogP contribution in [0.25, 0.3) is 0 Å². The Morgan fingerprint density at radius 3 is 2.71 bits per heavy atom. The van der Waals surface area contributed by atoms with Crippen LogP contribution in [0, 0.1) is 5.82 Å². The van der Waals surface area contributed by atoms with Crippen LogP contribution in [0.3, 0.4) is 0 Å². The Bertz CT molecular complexity index is 644. The molecule has 2 rings (SSSR count). The number of nitrogens with one attached hydrogen (secondary N) is 2. The number of nitrogens with zero attached hydrogens (tertiary/aromatic N) is 1. The van der Waals surface area contributed by atoms with Crippen molar-refractivity contribution in [3.05, 3.63) is 70.5 Å². The van der Waals surface area contributed by atoms with Crippen molar-refractivity contribution in [1.29, 1.82) is 0 Å². The molecule has 0 radical (unpaired) electrons. The molecule has 0 aliphatic carbocycles. The average Bonchev–Trinajstić information content (AvgIpc) is 2.47. The molecule has 2 aromatic carbocycles. The first-order chi connectivity index (χ1) is 10.1. The monoisotopic (exact) mass is 321 g/mol. The summed E-state index contributed by atoms with van der Waals surface area (Å²) in [6, 6.07) is 13.5. The highest BCUT2D eigenvalue weighted by molar-refractivity contribution is 7.80. The average molecular weight is 322 g/mol. The van der Waals surface area contributed by atoms with Gasteiger partial charge in [0.1, 0.15) is 5.82 Å². The predicted molar refractivity (Wildman–Crippen MR) is 88.0 cm³/mol. The summed E-state index contributed by atoms with van der Waals surface area (Å²) in [5.41, 5.74) is 4.51. The maximum absolute atomic E-state index is 12.8. The van der Waals surface area contributed by atoms with Crippen LogP contribution < -0.4 is 10.7 Å². The molecule has 2 N–H and O–H groups in total. The minimum atomic E-state index is -0.259. The molecular weight excluding hydrogens is 309 g/mol. The normalized spacial score (nSPS) is 10.6. The fraction of sp³-hybridized carbons (Fsp3) is 0.0667. The predicted octanol–water partition coefficient (Wildman–Crippen LogP) is 3.48. The summed E-state index contributed by atoms with van der Waals surface area (Å²) < 4.78 is 12.8. The Hall–Kier alpha value is -1.98. The topological polar surface area (TPSA) is 36.4 Å². The Balaban J connectivity index is 1.78. The first kappa shape index (κ1) is 15.4. The van der Waals surface area contributed by atoms with Crippen LogP contribution in [0.4, 0.5) is 4.39 Å². The van der Waals surface area contributed by atoms with Crippen LogP contribution in [0.5, 0.6) is 0 Å². The van der Waals surface area contributed by atoms with E-state index in [1.807, 2.05) is 12.1 Å². The van der Waals surface area contributed by atoms with Crippen molar-refractivity contribution >= 4 is 35.1 Å². The smallest absolute Gasteiger partial charge is 0.187 e. The largest absolute Gasteiger partial charge is 0.357 e. The molecule has 21 heavy (non-hydrogen) atoms. The van der Waals surface area contributed by atoms with Crippen LogP contribution in [-0.2, 0) is 6.54 Å². The second-order valence-electron chi connectivity index (χ2n) is 4.23. The number of hydrogen-bond donors (Lipinski definition) is 2. The highest BCUT2D eigenvalue weighted by Crippen LogP contribution is 2.08. The molecule has 0 aromatic heterocycles. The molecule has 6 heteroatoms. The number of benzene rings is 2. The lowest BCUT2D eigenvalue weighted by molar-refractivity contribution is 0.626. The third kappa shape index (κ3) is 5.49. The number of hydrogen-bond acceptors (Lipinski definition) is 2. The molecule has 0 fully saturated rings. The van der Waals surface area contributed by atoms with Crippen LogP contribution in [0.1, 0.15) is 11.1 Å². The standard InChI is InChI=1S/C15H13ClFN3S/c16-13-3-1-2-12(8-13)10-19-20-15(21)18-9-11-4-6-14(17)7-5-11/h1-8,10H,9H2,(H2,18,20,21)/b19-10-. The molecule has 0 saturated carbocycles. The minimum absolute atomic E-state index is 0.259. The van der Waals surface area contributed by atoms with E-state index in [1.54, 1.807) is 30.5 Å². The number of hydrazone groups is 1. The second kappa shape index (κ2) is 7.71. The van der Waals surface area contributed by atoms with E-state index in [9.17, 15) is 4.39 Å². The van der Waals surface area contributed by atoms with Crippen molar-refractivity contribution in [3.8, 4) is 0 Å². The zero-order valence-electron chi connectivity index (χ0n) is 11.0. The number of thiocarbonyl (C=S) groups is 1. The minimum Gasteiger partial charge on any atom is -0.357 e. The van der Waals surface area contributed by atoms with E-state index in [1.165, 1.54) is 12.1 Å². The van der Waals surface area contributed by atoms with Crippen LogP contribution in [0.15, 0.2) is 53.6 Å². The van der Waals surface area contributed by atoms with Crippen molar-refractivity contribution in [2.45, 2.75) is 6.54 Å². The fourth-order valence-corrected chi connectivity index (χ4v) is 1.90. The molecule has 0 saturated heterocycles. The summed E-state index contributed by atoms with van der Waals surface area (Å²) in [6.07, 6.45) is 1.62. The van der Waals surface area contributed by atoms with E-state index in [0.29, 0.717) is 16.7 Å². The van der Waals surface area contributed by atoms with Gasteiger partial charge in [-0.05, 0) is 47.6 Å². The summed E-state index contributed by atoms with van der Waals surface area (Å²) in [5.74, 6) is -0.259. The molecule has 3 nitrogen and oxygen atoms in total. The Morgan fingerprint density at radius 1 is 1.24 bits per heavy atom. The number of halogens is 2. The van der Waals surface area contributed by atoms with Gasteiger partial charge in [0, 0.05) is 11.6 Å². The van der Waals surface area contributed by atoms with Crippen molar-refractivity contribution in [1.82, 2.24) is 10.7 Å². The van der Waals surface area contributed by atoms with E-state index in [-0.39, 0.29) is 5.82 Å². The van der Waals surface area contributed by atoms with Gasteiger partial charge in [0.2, 0.25) is 0 Å². The summed E-state index contributed by atoms with van der Waals surface area (Å²) in [6.45, 7) is 0.499. The molecule has 108 valence electrons. The van der Waals surface area contributed by atoms with Gasteiger partial charge in [-0.15, -0.1) is 0 Å². The van der Waals surface area contributed by atoms with E-state index in [0.717, 1.165) is 11.1 Å². The molecule has 0 atom stereocenters. The third-order valence-corrected chi connectivity index (χ3v) is 3.07. The maximum atomic E-state index is 12.8. The maximum Gasteiger partial charge on any atom is 0.187 e. The highest BCUT2D eigenvalue weighted by atomic mass is 35.5. The summed E-state index contributed by atoms with van der Waals surface area (Å²) in [4.78, 5) is 0. The summed E-state index contributed by atoms with van der Waals surface area (Å²) in [5, 5.41) is 8.02. The van der Waals surface area contributed by atoms with Gasteiger partial charge in [-0.3, -0.25) is 5.43 Å². The van der Waals surface area contributed by atoms with Gasteiger partial charge in [-0.1, -0.05) is 35.9 Å². The Labute approximate surface area is 132 Å². The zero-order valence-corrected chi connectivity index (χ0v) is 12.6. The third-order valence-electron chi connectivity index (χ3n) is 2.59. The molecule has 0 aliphatic rings. The van der Waals surface area contributed by atoms with Crippen LogP contribution >= 0.6 is 23.8 Å². The van der Waals surface area contributed by atoms with Crippen LogP contribution in [0.2, 0.25) is 5.02 Å². The van der Waals surface area contributed by atoms with Gasteiger partial charge in [-0.2, -0.15) is 5.10 Å². The van der Waals surface area contributed by atoms with Gasteiger partial charge in [0.15, 0.2) is 5.11 Å². The van der Waals surface area contributed by atoms with Gasteiger partial charge in [-0.25, -0.2) is 4.39 Å². The summed E-state index contributed by atoms with van der Waals surface area (Å²) in [7, 11) is 0. The van der Waals surface area contributed by atoms with E-state index in [4.69, 9.17) is 23.8 Å². The lowest BCUT2D eigenvalue weighted by Gasteiger charge is -2.06. The number of rotatable bonds is 4. The highest BCUT2D eigenvalue weighted by Gasteiger charge is 1.96. The van der Waals surface area contributed by atoms with Crippen LogP contribution in [-0.4, -0.2) is 11.3 Å². The van der Waals surface area contributed by atoms with Gasteiger partial charge >= 0.3 is 0 Å². The van der Waals surface area contributed by atoms with Crippen molar-refractivity contribution in [2.24, 2.45) is 5.10 Å². The van der Waals surface area contributed by atoms with Crippen molar-refractivity contribution in [3.63, 3.8) is 0 Å². The zero-order chi connectivity index (χ0) is 15.1. The molecule has 0 amide bonds. The Kier molecular flexibility index (Phi) is 5.66. The molecule has 0 heterocycles. The van der Waals surface area contributed by atoms with Crippen molar-refractivity contribution < 1.29 is 4.39 Å². The van der Waals surface area contributed by atoms with Gasteiger partial charge < -0.3 is 5.32 Å².